The van der Waals surface area contributed by atoms with Crippen molar-refractivity contribution in [3.05, 3.63) is 36.2 Å². The van der Waals surface area contributed by atoms with E-state index in [1.165, 1.54) is 18.5 Å². The van der Waals surface area contributed by atoms with Crippen LogP contribution in [0.1, 0.15) is 31.7 Å². The highest BCUT2D eigenvalue weighted by Crippen LogP contribution is 2.34. The molecule has 2 aromatic rings. The summed E-state index contributed by atoms with van der Waals surface area (Å²) in [5.74, 6) is -2.37. The van der Waals surface area contributed by atoms with Gasteiger partial charge >= 0.3 is 0 Å². The summed E-state index contributed by atoms with van der Waals surface area (Å²) in [6.45, 7) is 1.90. The van der Waals surface area contributed by atoms with Crippen molar-refractivity contribution in [1.82, 2.24) is 10.1 Å². The van der Waals surface area contributed by atoms with Gasteiger partial charge in [-0.2, -0.15) is 4.98 Å². The van der Waals surface area contributed by atoms with E-state index in [0.29, 0.717) is 17.8 Å². The lowest BCUT2D eigenvalue weighted by molar-refractivity contribution is -0.0154. The van der Waals surface area contributed by atoms with Crippen LogP contribution in [0.25, 0.3) is 11.4 Å². The highest BCUT2D eigenvalue weighted by Gasteiger charge is 2.30. The molecule has 0 aliphatic rings. The molecule has 0 aliphatic heterocycles. The Hall–Kier alpha value is -1.78. The second kappa shape index (κ2) is 5.25. The van der Waals surface area contributed by atoms with Crippen LogP contribution in [0.4, 0.5) is 8.78 Å². The second-order valence-electron chi connectivity index (χ2n) is 4.14. The van der Waals surface area contributed by atoms with Crippen LogP contribution < -0.4 is 0 Å². The second-order valence-corrected chi connectivity index (χ2v) is 4.14. The molecule has 0 N–H and O–H groups in total. The van der Waals surface area contributed by atoms with Gasteiger partial charge in [-0.15, -0.1) is 0 Å². The van der Waals surface area contributed by atoms with E-state index in [9.17, 15) is 8.78 Å². The van der Waals surface area contributed by atoms with E-state index in [0.717, 1.165) is 6.42 Å². The molecule has 1 aromatic heterocycles. The van der Waals surface area contributed by atoms with Crippen LogP contribution in [0.15, 0.2) is 35.2 Å². The summed E-state index contributed by atoms with van der Waals surface area (Å²) < 4.78 is 32.1. The molecule has 0 radical (unpaired) electrons. The summed E-state index contributed by atoms with van der Waals surface area (Å²) in [5, 5.41) is 3.65. The molecular weight excluding hydrogens is 238 g/mol. The van der Waals surface area contributed by atoms with Crippen LogP contribution in [-0.2, 0) is 5.92 Å². The monoisotopic (exact) mass is 252 g/mol. The van der Waals surface area contributed by atoms with Crippen molar-refractivity contribution in [3.63, 3.8) is 0 Å². The maximum absolute atomic E-state index is 13.8. The first-order chi connectivity index (χ1) is 8.63. The SMILES string of the molecule is CCCCC(F)(F)c1ccc(-c2ncon2)cc1. The van der Waals surface area contributed by atoms with Gasteiger partial charge in [0, 0.05) is 17.5 Å². The van der Waals surface area contributed by atoms with Crippen LogP contribution in [0.2, 0.25) is 0 Å². The van der Waals surface area contributed by atoms with Gasteiger partial charge in [0.25, 0.3) is 5.92 Å². The number of halogens is 2. The fraction of sp³-hybridized carbons (Fsp3) is 0.385. The highest BCUT2D eigenvalue weighted by molar-refractivity contribution is 5.54. The van der Waals surface area contributed by atoms with Gasteiger partial charge in [0.2, 0.25) is 12.2 Å². The van der Waals surface area contributed by atoms with E-state index < -0.39 is 5.92 Å². The third kappa shape index (κ3) is 2.72. The lowest BCUT2D eigenvalue weighted by Crippen LogP contribution is -2.12. The van der Waals surface area contributed by atoms with Crippen LogP contribution in [-0.4, -0.2) is 10.1 Å². The normalized spacial score (nSPS) is 11.7. The summed E-state index contributed by atoms with van der Waals surface area (Å²) in [5.41, 5.74) is 0.696. The van der Waals surface area contributed by atoms with Crippen molar-refractivity contribution >= 4 is 0 Å². The van der Waals surface area contributed by atoms with Gasteiger partial charge in [-0.25, -0.2) is 8.78 Å². The summed E-state index contributed by atoms with van der Waals surface area (Å²) in [4.78, 5) is 3.86. The minimum Gasteiger partial charge on any atom is -0.342 e. The Morgan fingerprint density at radius 2 is 1.94 bits per heavy atom. The number of aromatic nitrogens is 2. The van der Waals surface area contributed by atoms with Gasteiger partial charge in [0.15, 0.2) is 0 Å². The first-order valence-electron chi connectivity index (χ1n) is 5.88. The molecule has 0 bridgehead atoms. The Kier molecular flexibility index (Phi) is 3.69. The zero-order valence-electron chi connectivity index (χ0n) is 10.1. The molecule has 1 aromatic carbocycles. The largest absolute Gasteiger partial charge is 0.342 e. The Labute approximate surface area is 104 Å². The number of hydrogen-bond acceptors (Lipinski definition) is 3. The number of alkyl halides is 2. The summed E-state index contributed by atoms with van der Waals surface area (Å²) in [6, 6.07) is 6.00. The van der Waals surface area contributed by atoms with Gasteiger partial charge in [0.1, 0.15) is 0 Å². The Morgan fingerprint density at radius 3 is 2.50 bits per heavy atom. The van der Waals surface area contributed by atoms with Crippen molar-refractivity contribution in [3.8, 4) is 11.4 Å². The quantitative estimate of drug-likeness (QED) is 0.806. The molecule has 0 aliphatic carbocycles. The number of rotatable bonds is 5. The molecule has 0 saturated carbocycles. The average molecular weight is 252 g/mol. The number of unbranched alkanes of at least 4 members (excludes halogenated alkanes) is 1. The van der Waals surface area contributed by atoms with Crippen LogP contribution in [0, 0.1) is 0 Å². The highest BCUT2D eigenvalue weighted by atomic mass is 19.3. The number of hydrogen-bond donors (Lipinski definition) is 0. The third-order valence-electron chi connectivity index (χ3n) is 2.77. The lowest BCUT2D eigenvalue weighted by atomic mass is 10.0. The molecular formula is C13H14F2N2O. The van der Waals surface area contributed by atoms with Crippen molar-refractivity contribution in [2.45, 2.75) is 32.1 Å². The van der Waals surface area contributed by atoms with Crippen molar-refractivity contribution in [2.24, 2.45) is 0 Å². The molecule has 0 amide bonds. The number of nitrogens with zero attached hydrogens (tertiary/aromatic N) is 2. The molecule has 0 fully saturated rings. The molecule has 96 valence electrons. The summed E-state index contributed by atoms with van der Waals surface area (Å²) >= 11 is 0. The smallest absolute Gasteiger partial charge is 0.273 e. The molecule has 3 nitrogen and oxygen atoms in total. The molecule has 18 heavy (non-hydrogen) atoms. The molecule has 5 heteroatoms. The van der Waals surface area contributed by atoms with E-state index in [1.807, 2.05) is 6.92 Å². The summed E-state index contributed by atoms with van der Waals surface area (Å²) in [6.07, 6.45) is 2.36. The Morgan fingerprint density at radius 1 is 1.22 bits per heavy atom. The Bertz CT molecular complexity index is 480. The minimum atomic E-state index is -2.77. The predicted molar refractivity (Wildman–Crippen MR) is 63.2 cm³/mol. The zero-order chi connectivity index (χ0) is 13.0. The van der Waals surface area contributed by atoms with E-state index >= 15 is 0 Å². The predicted octanol–water partition coefficient (Wildman–Crippen LogP) is 4.02. The molecule has 0 atom stereocenters. The maximum Gasteiger partial charge on any atom is 0.273 e. The van der Waals surface area contributed by atoms with Crippen LogP contribution in [0.3, 0.4) is 0 Å². The van der Waals surface area contributed by atoms with E-state index in [2.05, 4.69) is 14.7 Å². The van der Waals surface area contributed by atoms with Crippen molar-refractivity contribution in [2.75, 3.05) is 0 Å². The van der Waals surface area contributed by atoms with Crippen LogP contribution in [0.5, 0.6) is 0 Å². The fourth-order valence-electron chi connectivity index (χ4n) is 1.70. The fourth-order valence-corrected chi connectivity index (χ4v) is 1.70. The minimum absolute atomic E-state index is 0.0307. The van der Waals surface area contributed by atoms with Crippen molar-refractivity contribution in [1.29, 1.82) is 0 Å². The lowest BCUT2D eigenvalue weighted by Gasteiger charge is -2.16. The first kappa shape index (κ1) is 12.7. The van der Waals surface area contributed by atoms with E-state index in [1.54, 1.807) is 12.1 Å². The molecule has 2 rings (SSSR count). The number of benzene rings is 1. The first-order valence-corrected chi connectivity index (χ1v) is 5.88. The summed E-state index contributed by atoms with van der Waals surface area (Å²) in [7, 11) is 0. The molecule has 1 heterocycles. The third-order valence-corrected chi connectivity index (χ3v) is 2.77. The van der Waals surface area contributed by atoms with Gasteiger partial charge in [0.05, 0.1) is 0 Å². The average Bonchev–Trinajstić information content (AvgIpc) is 2.90. The topological polar surface area (TPSA) is 38.9 Å². The van der Waals surface area contributed by atoms with Crippen molar-refractivity contribution < 1.29 is 13.3 Å². The molecule has 0 saturated heterocycles. The maximum atomic E-state index is 13.8. The van der Waals surface area contributed by atoms with Crippen LogP contribution >= 0.6 is 0 Å². The van der Waals surface area contributed by atoms with Gasteiger partial charge in [-0.1, -0.05) is 42.8 Å². The zero-order valence-corrected chi connectivity index (χ0v) is 10.1. The van der Waals surface area contributed by atoms with Gasteiger partial charge in [-0.05, 0) is 6.42 Å². The van der Waals surface area contributed by atoms with Gasteiger partial charge in [-0.3, -0.25) is 0 Å². The van der Waals surface area contributed by atoms with Gasteiger partial charge < -0.3 is 4.52 Å². The Balaban J connectivity index is 2.17. The molecule has 0 unspecified atom stereocenters. The standard InChI is InChI=1S/C13H14F2N2O/c1-2-3-8-13(14,15)11-6-4-10(5-7-11)12-16-9-18-17-12/h4-7,9H,2-3,8H2,1H3. The van der Waals surface area contributed by atoms with E-state index in [-0.39, 0.29) is 12.0 Å². The van der Waals surface area contributed by atoms with E-state index in [4.69, 9.17) is 0 Å². The molecule has 0 spiro atoms.